The van der Waals surface area contributed by atoms with Gasteiger partial charge in [0.25, 0.3) is 0 Å². The predicted octanol–water partition coefficient (Wildman–Crippen LogP) is 2.92. The lowest BCUT2D eigenvalue weighted by Crippen LogP contribution is -2.30. The van der Waals surface area contributed by atoms with E-state index in [1.54, 1.807) is 6.07 Å². The lowest BCUT2D eigenvalue weighted by Gasteiger charge is -2.29. The maximum absolute atomic E-state index is 11.6. The minimum absolute atomic E-state index is 0.173. The number of nitrogens with zero attached hydrogens (tertiary/aromatic N) is 1. The van der Waals surface area contributed by atoms with Crippen LogP contribution in [0.15, 0.2) is 12.1 Å². The highest BCUT2D eigenvalue weighted by Crippen LogP contribution is 2.38. The molecule has 0 saturated carbocycles. The Labute approximate surface area is 118 Å². The number of hydrogen-bond donors (Lipinski definition) is 2. The van der Waals surface area contributed by atoms with Gasteiger partial charge in [0.15, 0.2) is 0 Å². The molecule has 3 N–H and O–H groups in total. The van der Waals surface area contributed by atoms with E-state index in [4.69, 9.17) is 17.3 Å². The Morgan fingerprint density at radius 1 is 1.42 bits per heavy atom. The summed E-state index contributed by atoms with van der Waals surface area (Å²) in [6.45, 7) is 4.31. The second-order valence-corrected chi connectivity index (χ2v) is 5.35. The van der Waals surface area contributed by atoms with Gasteiger partial charge in [0.2, 0.25) is 5.91 Å². The van der Waals surface area contributed by atoms with Crippen molar-refractivity contribution in [2.45, 2.75) is 38.8 Å². The molecule has 0 aromatic heterocycles. The number of nitrogens with one attached hydrogen (secondary N) is 1. The first-order valence-electron chi connectivity index (χ1n) is 6.62. The molecular formula is C14H20ClN3O. The number of halogens is 1. The molecule has 1 unspecified atom stereocenters. The molecule has 1 amide bonds. The van der Waals surface area contributed by atoms with Crippen LogP contribution < -0.4 is 16.0 Å². The summed E-state index contributed by atoms with van der Waals surface area (Å²) >= 11 is 6.34. The van der Waals surface area contributed by atoms with E-state index in [0.717, 1.165) is 29.8 Å². The SMILES string of the molecule is CCC(CC)N(C)c1cc2c(cc1Cl)C(N)C(=O)N2. The monoisotopic (exact) mass is 281 g/mol. The molecule has 1 atom stereocenters. The van der Waals surface area contributed by atoms with Crippen LogP contribution in [-0.4, -0.2) is 19.0 Å². The molecular weight excluding hydrogens is 262 g/mol. The van der Waals surface area contributed by atoms with E-state index >= 15 is 0 Å². The van der Waals surface area contributed by atoms with Gasteiger partial charge < -0.3 is 16.0 Å². The third kappa shape index (κ3) is 2.42. The maximum Gasteiger partial charge on any atom is 0.245 e. The summed E-state index contributed by atoms with van der Waals surface area (Å²) in [5, 5.41) is 3.43. The Bertz CT molecular complexity index is 500. The van der Waals surface area contributed by atoms with Crippen LogP contribution in [0.4, 0.5) is 11.4 Å². The van der Waals surface area contributed by atoms with Crippen molar-refractivity contribution in [1.29, 1.82) is 0 Å². The quantitative estimate of drug-likeness (QED) is 0.892. The second kappa shape index (κ2) is 5.39. The third-order valence-electron chi connectivity index (χ3n) is 3.86. The van der Waals surface area contributed by atoms with Gasteiger partial charge >= 0.3 is 0 Å². The first-order valence-corrected chi connectivity index (χ1v) is 7.00. The van der Waals surface area contributed by atoms with E-state index in [2.05, 4.69) is 24.1 Å². The van der Waals surface area contributed by atoms with Crippen molar-refractivity contribution < 1.29 is 4.79 Å². The van der Waals surface area contributed by atoms with E-state index in [0.29, 0.717) is 11.1 Å². The molecule has 1 aliphatic rings. The molecule has 0 aliphatic carbocycles. The van der Waals surface area contributed by atoms with Crippen LogP contribution in [-0.2, 0) is 4.79 Å². The molecule has 1 aliphatic heterocycles. The summed E-state index contributed by atoms with van der Waals surface area (Å²) in [5.41, 5.74) is 8.29. The average Bonchev–Trinajstić information content (AvgIpc) is 2.66. The Balaban J connectivity index is 2.39. The Morgan fingerprint density at radius 3 is 2.63 bits per heavy atom. The van der Waals surface area contributed by atoms with E-state index in [1.807, 2.05) is 13.1 Å². The summed E-state index contributed by atoms with van der Waals surface area (Å²) in [6, 6.07) is 3.54. The molecule has 1 aromatic carbocycles. The van der Waals surface area contributed by atoms with Crippen LogP contribution in [0.5, 0.6) is 0 Å². The topological polar surface area (TPSA) is 58.4 Å². The largest absolute Gasteiger partial charge is 0.370 e. The number of hydrogen-bond acceptors (Lipinski definition) is 3. The average molecular weight is 282 g/mol. The van der Waals surface area contributed by atoms with Crippen LogP contribution in [0.2, 0.25) is 5.02 Å². The van der Waals surface area contributed by atoms with Crippen LogP contribution in [0.3, 0.4) is 0 Å². The molecule has 0 bridgehead atoms. The highest BCUT2D eigenvalue weighted by Gasteiger charge is 2.29. The Kier molecular flexibility index (Phi) is 4.02. The fourth-order valence-corrected chi connectivity index (χ4v) is 2.90. The van der Waals surface area contributed by atoms with Crippen LogP contribution in [0, 0.1) is 0 Å². The summed E-state index contributed by atoms with van der Waals surface area (Å²) < 4.78 is 0. The van der Waals surface area contributed by atoms with Gasteiger partial charge in [0, 0.05) is 24.3 Å². The Morgan fingerprint density at radius 2 is 2.05 bits per heavy atom. The fraction of sp³-hybridized carbons (Fsp3) is 0.500. The van der Waals surface area contributed by atoms with Crippen LogP contribution in [0.1, 0.15) is 38.3 Å². The van der Waals surface area contributed by atoms with Gasteiger partial charge in [-0.2, -0.15) is 0 Å². The van der Waals surface area contributed by atoms with Crippen molar-refractivity contribution in [3.8, 4) is 0 Å². The normalized spacial score (nSPS) is 17.6. The number of fused-ring (bicyclic) bond motifs is 1. The lowest BCUT2D eigenvalue weighted by atomic mass is 10.1. The molecule has 0 saturated heterocycles. The van der Waals surface area contributed by atoms with Crippen molar-refractivity contribution in [1.82, 2.24) is 0 Å². The summed E-state index contributed by atoms with van der Waals surface area (Å²) in [6.07, 6.45) is 2.10. The summed E-state index contributed by atoms with van der Waals surface area (Å²) in [4.78, 5) is 13.7. The molecule has 5 heteroatoms. The van der Waals surface area contributed by atoms with Crippen LogP contribution in [0.25, 0.3) is 0 Å². The van der Waals surface area contributed by atoms with Gasteiger partial charge in [0.1, 0.15) is 6.04 Å². The van der Waals surface area contributed by atoms with Gasteiger partial charge in [-0.05, 0) is 25.0 Å². The zero-order chi connectivity index (χ0) is 14.2. The minimum Gasteiger partial charge on any atom is -0.370 e. The van der Waals surface area contributed by atoms with Gasteiger partial charge in [-0.25, -0.2) is 0 Å². The molecule has 0 fully saturated rings. The number of carbonyl (C=O) groups is 1. The van der Waals surface area contributed by atoms with Crippen molar-refractivity contribution in [3.63, 3.8) is 0 Å². The summed E-state index contributed by atoms with van der Waals surface area (Å²) in [5.74, 6) is -0.173. The fourth-order valence-electron chi connectivity index (χ4n) is 2.60. The van der Waals surface area contributed by atoms with Crippen molar-refractivity contribution >= 4 is 28.9 Å². The zero-order valence-corrected chi connectivity index (χ0v) is 12.3. The third-order valence-corrected chi connectivity index (χ3v) is 4.17. The van der Waals surface area contributed by atoms with Crippen molar-refractivity contribution in [2.75, 3.05) is 17.3 Å². The number of amides is 1. The number of rotatable bonds is 4. The zero-order valence-electron chi connectivity index (χ0n) is 11.5. The molecule has 19 heavy (non-hydrogen) atoms. The van der Waals surface area contributed by atoms with Crippen molar-refractivity contribution in [3.05, 3.63) is 22.7 Å². The smallest absolute Gasteiger partial charge is 0.245 e. The van der Waals surface area contributed by atoms with E-state index in [1.165, 1.54) is 0 Å². The number of benzene rings is 1. The number of carbonyl (C=O) groups excluding carboxylic acids is 1. The molecule has 0 radical (unpaired) electrons. The molecule has 1 aromatic rings. The molecule has 2 rings (SSSR count). The highest BCUT2D eigenvalue weighted by atomic mass is 35.5. The van der Waals surface area contributed by atoms with Gasteiger partial charge in [0.05, 0.1) is 10.7 Å². The molecule has 4 nitrogen and oxygen atoms in total. The second-order valence-electron chi connectivity index (χ2n) is 4.94. The van der Waals surface area contributed by atoms with Gasteiger partial charge in [-0.3, -0.25) is 4.79 Å². The number of nitrogens with two attached hydrogens (primary N) is 1. The van der Waals surface area contributed by atoms with E-state index in [9.17, 15) is 4.79 Å². The predicted molar refractivity (Wildman–Crippen MR) is 79.8 cm³/mol. The standard InChI is InChI=1S/C14H20ClN3O/c1-4-8(5-2)18(3)12-7-11-9(6-10(12)15)13(16)14(19)17-11/h6-8,13H,4-5,16H2,1-3H3,(H,17,19). The molecule has 104 valence electrons. The molecule has 0 spiro atoms. The first kappa shape index (κ1) is 14.2. The first-order chi connectivity index (χ1) is 8.99. The minimum atomic E-state index is -0.611. The van der Waals surface area contributed by atoms with Crippen LogP contribution >= 0.6 is 11.6 Å². The van der Waals surface area contributed by atoms with E-state index in [-0.39, 0.29) is 5.91 Å². The lowest BCUT2D eigenvalue weighted by molar-refractivity contribution is -0.116. The van der Waals surface area contributed by atoms with Gasteiger partial charge in [-0.15, -0.1) is 0 Å². The number of anilines is 2. The maximum atomic E-state index is 11.6. The summed E-state index contributed by atoms with van der Waals surface area (Å²) in [7, 11) is 2.03. The van der Waals surface area contributed by atoms with Crippen molar-refractivity contribution in [2.24, 2.45) is 5.73 Å². The van der Waals surface area contributed by atoms with E-state index < -0.39 is 6.04 Å². The highest BCUT2D eigenvalue weighted by molar-refractivity contribution is 6.33. The molecule has 1 heterocycles. The van der Waals surface area contributed by atoms with Gasteiger partial charge in [-0.1, -0.05) is 25.4 Å². The Hall–Kier alpha value is -1.26.